The first-order valence-electron chi connectivity index (χ1n) is 9.25. The van der Waals surface area contributed by atoms with E-state index >= 15 is 0 Å². The number of aryl methyl sites for hydroxylation is 1. The average molecular weight is 356 g/mol. The molecule has 0 spiro atoms. The Morgan fingerprint density at radius 2 is 1.96 bits per heavy atom. The van der Waals surface area contributed by atoms with E-state index in [4.69, 9.17) is 9.47 Å². The minimum atomic E-state index is -0.288. The van der Waals surface area contributed by atoms with Gasteiger partial charge in [-0.15, -0.1) is 0 Å². The predicted molar refractivity (Wildman–Crippen MR) is 102 cm³/mol. The molecule has 0 bridgehead atoms. The number of carbonyl (C=O) groups excluding carboxylic acids is 1. The molecule has 1 amide bonds. The van der Waals surface area contributed by atoms with Gasteiger partial charge in [0.2, 0.25) is 0 Å². The third kappa shape index (κ3) is 4.33. The fourth-order valence-electron chi connectivity index (χ4n) is 3.50. The molecule has 5 heteroatoms. The van der Waals surface area contributed by atoms with E-state index in [-0.39, 0.29) is 24.3 Å². The molecule has 0 N–H and O–H groups in total. The van der Waals surface area contributed by atoms with E-state index in [2.05, 4.69) is 4.98 Å². The van der Waals surface area contributed by atoms with Crippen molar-refractivity contribution in [1.29, 1.82) is 0 Å². The summed E-state index contributed by atoms with van der Waals surface area (Å²) in [7, 11) is 0. The molecule has 140 valence electrons. The minimum absolute atomic E-state index is 0.167. The first-order valence-corrected chi connectivity index (χ1v) is 9.25. The number of rotatable bonds is 3. The summed E-state index contributed by atoms with van der Waals surface area (Å²) >= 11 is 0. The molecule has 1 aromatic heterocycles. The monoisotopic (exact) mass is 356 g/mol. The first kappa shape index (κ1) is 18.6. The number of fused-ring (bicyclic) bond motifs is 1. The summed E-state index contributed by atoms with van der Waals surface area (Å²) in [6, 6.07) is 10.2. The van der Waals surface area contributed by atoms with Gasteiger partial charge >= 0.3 is 6.09 Å². The molecular weight excluding hydrogens is 328 g/mol. The number of carbonyl (C=O) groups is 1. The number of amides is 1. The van der Waals surface area contributed by atoms with Gasteiger partial charge in [-0.2, -0.15) is 0 Å². The number of ether oxygens (including phenoxy) is 2. The molecule has 1 fully saturated rings. The zero-order valence-corrected chi connectivity index (χ0v) is 16.1. The Hall–Kier alpha value is -2.14. The van der Waals surface area contributed by atoms with E-state index < -0.39 is 0 Å². The Balaban J connectivity index is 1.70. The molecular formula is C21H28N2O3. The summed E-state index contributed by atoms with van der Waals surface area (Å²) in [4.78, 5) is 19.2. The molecule has 0 saturated carbocycles. The Morgan fingerprint density at radius 3 is 2.65 bits per heavy atom. The van der Waals surface area contributed by atoms with Crippen molar-refractivity contribution in [3.63, 3.8) is 0 Å². The van der Waals surface area contributed by atoms with E-state index in [1.54, 1.807) is 0 Å². The smallest absolute Gasteiger partial charge is 0.410 e. The van der Waals surface area contributed by atoms with Crippen molar-refractivity contribution in [3.05, 3.63) is 41.6 Å². The van der Waals surface area contributed by atoms with E-state index in [9.17, 15) is 4.79 Å². The van der Waals surface area contributed by atoms with Crippen molar-refractivity contribution in [1.82, 2.24) is 9.88 Å². The SMILES string of the molecule is Cc1ccc2cc(COC(=O)N(C3CCOCC3)C(C)(C)C)ccc2n1. The van der Waals surface area contributed by atoms with Crippen LogP contribution in [0.15, 0.2) is 30.3 Å². The lowest BCUT2D eigenvalue weighted by molar-refractivity contribution is -0.00668. The van der Waals surface area contributed by atoms with E-state index in [1.807, 2.05) is 62.9 Å². The first-order chi connectivity index (χ1) is 12.3. The lowest BCUT2D eigenvalue weighted by Crippen LogP contribution is -2.53. The highest BCUT2D eigenvalue weighted by Crippen LogP contribution is 2.25. The lowest BCUT2D eigenvalue weighted by atomic mass is 9.99. The molecule has 3 rings (SSSR count). The van der Waals surface area contributed by atoms with Gasteiger partial charge in [-0.3, -0.25) is 4.98 Å². The van der Waals surface area contributed by atoms with Crippen LogP contribution in [-0.2, 0) is 16.1 Å². The van der Waals surface area contributed by atoms with Crippen LogP contribution < -0.4 is 0 Å². The molecule has 1 aromatic carbocycles. The number of nitrogens with zero attached hydrogens (tertiary/aromatic N) is 2. The number of benzene rings is 1. The van der Waals surface area contributed by atoms with Crippen LogP contribution in [0.25, 0.3) is 10.9 Å². The largest absolute Gasteiger partial charge is 0.445 e. The molecule has 0 radical (unpaired) electrons. The normalized spacial score (nSPS) is 15.8. The maximum Gasteiger partial charge on any atom is 0.410 e. The second-order valence-corrected chi connectivity index (χ2v) is 7.92. The summed E-state index contributed by atoms with van der Waals surface area (Å²) in [6.45, 7) is 9.78. The molecule has 5 nitrogen and oxygen atoms in total. The van der Waals surface area contributed by atoms with Crippen molar-refractivity contribution in [2.75, 3.05) is 13.2 Å². The standard InChI is InChI=1S/C21H28N2O3/c1-15-5-7-17-13-16(6-8-19(17)22-15)14-26-20(24)23(21(2,3)4)18-9-11-25-12-10-18/h5-8,13,18H,9-12,14H2,1-4H3. The Kier molecular flexibility index (Phi) is 5.47. The number of pyridine rings is 1. The molecule has 0 unspecified atom stereocenters. The number of aromatic nitrogens is 1. The highest BCUT2D eigenvalue weighted by Gasteiger charge is 2.35. The van der Waals surface area contributed by atoms with Crippen LogP contribution in [0.3, 0.4) is 0 Å². The summed E-state index contributed by atoms with van der Waals surface area (Å²) in [6.07, 6.45) is 1.45. The highest BCUT2D eigenvalue weighted by atomic mass is 16.6. The minimum Gasteiger partial charge on any atom is -0.445 e. The summed E-state index contributed by atoms with van der Waals surface area (Å²) < 4.78 is 11.1. The van der Waals surface area contributed by atoms with Gasteiger partial charge in [0.05, 0.1) is 5.52 Å². The van der Waals surface area contributed by atoms with Crippen molar-refractivity contribution in [2.45, 2.75) is 58.7 Å². The van der Waals surface area contributed by atoms with Crippen LogP contribution in [0.2, 0.25) is 0 Å². The molecule has 1 aliphatic heterocycles. The second kappa shape index (κ2) is 7.62. The zero-order chi connectivity index (χ0) is 18.7. The van der Waals surface area contributed by atoms with E-state index in [0.29, 0.717) is 13.2 Å². The summed E-state index contributed by atoms with van der Waals surface area (Å²) in [5.41, 5.74) is 2.63. The highest BCUT2D eigenvalue weighted by molar-refractivity contribution is 5.79. The quantitative estimate of drug-likeness (QED) is 0.815. The van der Waals surface area contributed by atoms with Crippen LogP contribution in [-0.4, -0.2) is 40.8 Å². The van der Waals surface area contributed by atoms with Gasteiger partial charge in [0, 0.05) is 35.9 Å². The molecule has 1 saturated heterocycles. The summed E-state index contributed by atoms with van der Waals surface area (Å²) in [5, 5.41) is 1.06. The van der Waals surface area contributed by atoms with Gasteiger partial charge in [0.1, 0.15) is 6.61 Å². The van der Waals surface area contributed by atoms with Crippen LogP contribution in [0.5, 0.6) is 0 Å². The van der Waals surface area contributed by atoms with Gasteiger partial charge < -0.3 is 14.4 Å². The van der Waals surface area contributed by atoms with Gasteiger partial charge in [-0.05, 0) is 64.3 Å². The fourth-order valence-corrected chi connectivity index (χ4v) is 3.50. The van der Waals surface area contributed by atoms with Crippen molar-refractivity contribution in [3.8, 4) is 0 Å². The van der Waals surface area contributed by atoms with Crippen molar-refractivity contribution < 1.29 is 14.3 Å². The van der Waals surface area contributed by atoms with Gasteiger partial charge in [0.15, 0.2) is 0 Å². The van der Waals surface area contributed by atoms with Crippen LogP contribution >= 0.6 is 0 Å². The van der Waals surface area contributed by atoms with Crippen LogP contribution in [0, 0.1) is 6.92 Å². The third-order valence-electron chi connectivity index (χ3n) is 4.73. The van der Waals surface area contributed by atoms with E-state index in [0.717, 1.165) is 35.0 Å². The van der Waals surface area contributed by atoms with Crippen molar-refractivity contribution >= 4 is 17.0 Å². The Bertz CT molecular complexity index is 776. The van der Waals surface area contributed by atoms with Gasteiger partial charge in [-0.1, -0.05) is 12.1 Å². The Labute approximate surface area is 155 Å². The maximum absolute atomic E-state index is 12.8. The predicted octanol–water partition coefficient (Wildman–Crippen LogP) is 4.46. The lowest BCUT2D eigenvalue weighted by Gasteiger charge is -2.42. The third-order valence-corrected chi connectivity index (χ3v) is 4.73. The number of hydrogen-bond donors (Lipinski definition) is 0. The summed E-state index contributed by atoms with van der Waals surface area (Å²) in [5.74, 6) is 0. The average Bonchev–Trinajstić information content (AvgIpc) is 2.59. The van der Waals surface area contributed by atoms with Gasteiger partial charge in [0.25, 0.3) is 0 Å². The van der Waals surface area contributed by atoms with E-state index in [1.165, 1.54) is 0 Å². The zero-order valence-electron chi connectivity index (χ0n) is 16.1. The molecule has 2 heterocycles. The molecule has 0 aliphatic carbocycles. The second-order valence-electron chi connectivity index (χ2n) is 7.92. The maximum atomic E-state index is 12.8. The van der Waals surface area contributed by atoms with Crippen LogP contribution in [0.4, 0.5) is 4.79 Å². The van der Waals surface area contributed by atoms with Crippen LogP contribution in [0.1, 0.15) is 44.9 Å². The fraction of sp³-hybridized carbons (Fsp3) is 0.524. The molecule has 0 atom stereocenters. The molecule has 2 aromatic rings. The molecule has 1 aliphatic rings. The van der Waals surface area contributed by atoms with Crippen molar-refractivity contribution in [2.24, 2.45) is 0 Å². The van der Waals surface area contributed by atoms with Gasteiger partial charge in [-0.25, -0.2) is 4.79 Å². The Morgan fingerprint density at radius 1 is 1.23 bits per heavy atom. The topological polar surface area (TPSA) is 51.7 Å². The molecule has 26 heavy (non-hydrogen) atoms. The number of hydrogen-bond acceptors (Lipinski definition) is 4.